The number of phenols is 1. The lowest BCUT2D eigenvalue weighted by Gasteiger charge is -2.15. The van der Waals surface area contributed by atoms with Crippen molar-refractivity contribution >= 4 is 5.69 Å². The number of benzene rings is 2. The molecule has 3 heteroatoms. The summed E-state index contributed by atoms with van der Waals surface area (Å²) in [4.78, 5) is 4.14. The second-order valence-electron chi connectivity index (χ2n) is 5.54. The summed E-state index contributed by atoms with van der Waals surface area (Å²) >= 11 is 0. The smallest absolute Gasteiger partial charge is 0.120 e. The summed E-state index contributed by atoms with van der Waals surface area (Å²) in [5, 5.41) is 9.32. The highest BCUT2D eigenvalue weighted by Crippen LogP contribution is 2.25. The quantitative estimate of drug-likeness (QED) is 0.935. The molecule has 0 unspecified atom stereocenters. The maximum atomic E-state index is 9.32. The van der Waals surface area contributed by atoms with E-state index in [4.69, 9.17) is 0 Å². The Kier molecular flexibility index (Phi) is 6.76. The van der Waals surface area contributed by atoms with Crippen molar-refractivity contribution in [3.8, 4) is 5.75 Å². The number of hydrogen-bond donors (Lipinski definition) is 1. The lowest BCUT2D eigenvalue weighted by atomic mass is 10.2. The predicted octanol–water partition coefficient (Wildman–Crippen LogP) is 3.51. The standard InChI is InChI=1S/C9H13NO.C9H13N/c1-7-8(10(2)3)5-4-6-9(7)11;1-10(2)8-9-6-4-3-5-7-9/h4-6,11H,1-3H3;3-7H,8H2,1-2H3. The molecule has 0 aliphatic heterocycles. The normalized spacial score (nSPS) is 10.0. The van der Waals surface area contributed by atoms with E-state index in [1.54, 1.807) is 6.07 Å². The third kappa shape index (κ3) is 5.88. The summed E-state index contributed by atoms with van der Waals surface area (Å²) in [7, 11) is 8.07. The van der Waals surface area contributed by atoms with E-state index in [0.29, 0.717) is 5.75 Å². The second kappa shape index (κ2) is 8.32. The third-order valence-corrected chi connectivity index (χ3v) is 3.10. The molecule has 2 aromatic rings. The summed E-state index contributed by atoms with van der Waals surface area (Å²) in [5.41, 5.74) is 3.36. The monoisotopic (exact) mass is 286 g/mol. The number of hydrogen-bond acceptors (Lipinski definition) is 3. The van der Waals surface area contributed by atoms with Gasteiger partial charge in [0.05, 0.1) is 0 Å². The maximum Gasteiger partial charge on any atom is 0.120 e. The molecule has 0 amide bonds. The molecule has 0 saturated heterocycles. The van der Waals surface area contributed by atoms with Gasteiger partial charge in [0.15, 0.2) is 0 Å². The van der Waals surface area contributed by atoms with Crippen LogP contribution in [0.2, 0.25) is 0 Å². The highest BCUT2D eigenvalue weighted by Gasteiger charge is 2.02. The average Bonchev–Trinajstić information content (AvgIpc) is 2.42. The van der Waals surface area contributed by atoms with Crippen molar-refractivity contribution in [3.05, 3.63) is 59.7 Å². The Balaban J connectivity index is 0.000000211. The van der Waals surface area contributed by atoms with Crippen molar-refractivity contribution in [3.63, 3.8) is 0 Å². The van der Waals surface area contributed by atoms with Crippen LogP contribution in [-0.4, -0.2) is 38.2 Å². The van der Waals surface area contributed by atoms with Crippen LogP contribution >= 0.6 is 0 Å². The van der Waals surface area contributed by atoms with E-state index < -0.39 is 0 Å². The van der Waals surface area contributed by atoms with Crippen LogP contribution in [-0.2, 0) is 6.54 Å². The van der Waals surface area contributed by atoms with Gasteiger partial charge >= 0.3 is 0 Å². The van der Waals surface area contributed by atoms with Crippen molar-refractivity contribution in [1.82, 2.24) is 4.90 Å². The van der Waals surface area contributed by atoms with Crippen molar-refractivity contribution < 1.29 is 5.11 Å². The van der Waals surface area contributed by atoms with Crippen molar-refractivity contribution in [2.45, 2.75) is 13.5 Å². The Hall–Kier alpha value is -2.00. The molecule has 0 atom stereocenters. The van der Waals surface area contributed by atoms with Gasteiger partial charge in [-0.05, 0) is 38.7 Å². The first-order chi connectivity index (χ1) is 9.91. The van der Waals surface area contributed by atoms with Crippen LogP contribution in [0, 0.1) is 6.92 Å². The molecule has 2 rings (SSSR count). The molecule has 3 nitrogen and oxygen atoms in total. The van der Waals surface area contributed by atoms with Gasteiger partial charge in [-0.15, -0.1) is 0 Å². The molecule has 0 aliphatic carbocycles. The molecule has 114 valence electrons. The van der Waals surface area contributed by atoms with Crippen LogP contribution in [0.5, 0.6) is 5.75 Å². The third-order valence-electron chi connectivity index (χ3n) is 3.10. The number of anilines is 1. The first-order valence-corrected chi connectivity index (χ1v) is 7.06. The van der Waals surface area contributed by atoms with Gasteiger partial charge in [-0.2, -0.15) is 0 Å². The molecule has 0 radical (unpaired) electrons. The summed E-state index contributed by atoms with van der Waals surface area (Å²) < 4.78 is 0. The molecule has 0 bridgehead atoms. The predicted molar refractivity (Wildman–Crippen MR) is 91.0 cm³/mol. The fourth-order valence-corrected chi connectivity index (χ4v) is 2.04. The highest BCUT2D eigenvalue weighted by atomic mass is 16.3. The zero-order valence-electron chi connectivity index (χ0n) is 13.7. The largest absolute Gasteiger partial charge is 0.508 e. The van der Waals surface area contributed by atoms with Crippen LogP contribution in [0.1, 0.15) is 11.1 Å². The van der Waals surface area contributed by atoms with Crippen LogP contribution in [0.15, 0.2) is 48.5 Å². The molecule has 0 spiro atoms. The molecular formula is C18H26N2O. The maximum absolute atomic E-state index is 9.32. The van der Waals surface area contributed by atoms with Crippen LogP contribution in [0.3, 0.4) is 0 Å². The van der Waals surface area contributed by atoms with Crippen molar-refractivity contribution in [2.75, 3.05) is 33.1 Å². The molecule has 0 aromatic heterocycles. The lowest BCUT2D eigenvalue weighted by Crippen LogP contribution is -2.10. The number of nitrogens with zero attached hydrogens (tertiary/aromatic N) is 2. The molecule has 2 aromatic carbocycles. The van der Waals surface area contributed by atoms with E-state index >= 15 is 0 Å². The van der Waals surface area contributed by atoms with Gasteiger partial charge in [0.25, 0.3) is 0 Å². The zero-order chi connectivity index (χ0) is 15.8. The van der Waals surface area contributed by atoms with E-state index in [2.05, 4.69) is 43.3 Å². The summed E-state index contributed by atoms with van der Waals surface area (Å²) in [5.74, 6) is 0.358. The average molecular weight is 286 g/mol. The van der Waals surface area contributed by atoms with E-state index in [0.717, 1.165) is 17.8 Å². The Morgan fingerprint density at radius 2 is 1.48 bits per heavy atom. The fraction of sp³-hybridized carbons (Fsp3) is 0.333. The van der Waals surface area contributed by atoms with Crippen molar-refractivity contribution in [1.29, 1.82) is 0 Å². The molecular weight excluding hydrogens is 260 g/mol. The minimum Gasteiger partial charge on any atom is -0.508 e. The van der Waals surface area contributed by atoms with E-state index in [9.17, 15) is 5.11 Å². The van der Waals surface area contributed by atoms with Crippen molar-refractivity contribution in [2.24, 2.45) is 0 Å². The summed E-state index contributed by atoms with van der Waals surface area (Å²) in [6, 6.07) is 16.0. The summed E-state index contributed by atoms with van der Waals surface area (Å²) in [6.45, 7) is 2.94. The Labute approximate surface area is 128 Å². The molecule has 0 saturated carbocycles. The van der Waals surface area contributed by atoms with Crippen LogP contribution < -0.4 is 4.90 Å². The van der Waals surface area contributed by atoms with Crippen LogP contribution in [0.4, 0.5) is 5.69 Å². The van der Waals surface area contributed by atoms with Gasteiger partial charge in [-0.1, -0.05) is 36.4 Å². The molecule has 0 aliphatic rings. The van der Waals surface area contributed by atoms with Gasteiger partial charge < -0.3 is 14.9 Å². The molecule has 0 fully saturated rings. The first-order valence-electron chi connectivity index (χ1n) is 7.06. The fourth-order valence-electron chi connectivity index (χ4n) is 2.04. The zero-order valence-corrected chi connectivity index (χ0v) is 13.7. The van der Waals surface area contributed by atoms with E-state index in [1.807, 2.05) is 44.1 Å². The molecule has 0 heterocycles. The molecule has 21 heavy (non-hydrogen) atoms. The summed E-state index contributed by atoms with van der Waals surface area (Å²) in [6.07, 6.45) is 0. The SMILES string of the molecule is CN(C)Cc1ccccc1.Cc1c(O)cccc1N(C)C. The minimum absolute atomic E-state index is 0.358. The Morgan fingerprint density at radius 3 is 1.95 bits per heavy atom. The second-order valence-corrected chi connectivity index (χ2v) is 5.54. The van der Waals surface area contributed by atoms with E-state index in [1.165, 1.54) is 5.56 Å². The topological polar surface area (TPSA) is 26.7 Å². The van der Waals surface area contributed by atoms with Gasteiger partial charge in [-0.3, -0.25) is 0 Å². The van der Waals surface area contributed by atoms with Crippen LogP contribution in [0.25, 0.3) is 0 Å². The lowest BCUT2D eigenvalue weighted by molar-refractivity contribution is 0.402. The number of rotatable bonds is 3. The van der Waals surface area contributed by atoms with Gasteiger partial charge in [-0.25, -0.2) is 0 Å². The Morgan fingerprint density at radius 1 is 0.857 bits per heavy atom. The Bertz CT molecular complexity index is 536. The van der Waals surface area contributed by atoms with Gasteiger partial charge in [0.2, 0.25) is 0 Å². The number of aromatic hydroxyl groups is 1. The highest BCUT2D eigenvalue weighted by molar-refractivity contribution is 5.57. The molecule has 1 N–H and O–H groups in total. The minimum atomic E-state index is 0.358. The number of phenolic OH excluding ortho intramolecular Hbond substituents is 1. The van der Waals surface area contributed by atoms with E-state index in [-0.39, 0.29) is 0 Å². The first kappa shape index (κ1) is 17.1. The van der Waals surface area contributed by atoms with Gasteiger partial charge in [0.1, 0.15) is 5.75 Å². The van der Waals surface area contributed by atoms with Gasteiger partial charge in [0, 0.05) is 31.9 Å².